The maximum atomic E-state index is 4.66. The van der Waals surface area contributed by atoms with Crippen molar-refractivity contribution >= 4 is 23.2 Å². The van der Waals surface area contributed by atoms with Crippen LogP contribution in [0, 0.1) is 0 Å². The summed E-state index contributed by atoms with van der Waals surface area (Å²) in [6.45, 7) is 0.738. The van der Waals surface area contributed by atoms with Gasteiger partial charge in [-0.25, -0.2) is 10.4 Å². The third-order valence-corrected chi connectivity index (χ3v) is 3.83. The molecule has 5 nitrogen and oxygen atoms in total. The van der Waals surface area contributed by atoms with Crippen LogP contribution in [-0.4, -0.2) is 20.7 Å². The topological polar surface area (TPSA) is 58.0 Å². The quantitative estimate of drug-likeness (QED) is 0.434. The second-order valence-electron chi connectivity index (χ2n) is 5.49. The van der Waals surface area contributed by atoms with Gasteiger partial charge in [-0.3, -0.25) is 0 Å². The lowest BCUT2D eigenvalue weighted by atomic mass is 10.2. The first-order valence-corrected chi connectivity index (χ1v) is 7.82. The maximum Gasteiger partial charge on any atom is 0.225 e. The Labute approximate surface area is 139 Å². The first-order chi connectivity index (χ1) is 11.9. The van der Waals surface area contributed by atoms with Crippen LogP contribution in [-0.2, 0) is 6.54 Å². The Morgan fingerprint density at radius 2 is 1.83 bits per heavy atom. The van der Waals surface area contributed by atoms with Crippen LogP contribution < -0.4 is 5.43 Å². The van der Waals surface area contributed by atoms with Crippen molar-refractivity contribution in [1.29, 1.82) is 0 Å². The van der Waals surface area contributed by atoms with Crippen LogP contribution in [0.3, 0.4) is 0 Å². The summed E-state index contributed by atoms with van der Waals surface area (Å²) < 4.78 is 2.14. The number of H-pyrrole nitrogens is 1. The molecule has 0 amide bonds. The summed E-state index contributed by atoms with van der Waals surface area (Å²) in [5.74, 6) is 0.725. The van der Waals surface area contributed by atoms with Gasteiger partial charge in [-0.1, -0.05) is 42.5 Å². The molecule has 2 heterocycles. The number of imidazole rings is 1. The molecule has 0 bridgehead atoms. The van der Waals surface area contributed by atoms with Crippen molar-refractivity contribution in [1.82, 2.24) is 14.5 Å². The van der Waals surface area contributed by atoms with Crippen LogP contribution in [0.5, 0.6) is 0 Å². The van der Waals surface area contributed by atoms with Crippen molar-refractivity contribution in [2.75, 3.05) is 5.43 Å². The summed E-state index contributed by atoms with van der Waals surface area (Å²) in [6, 6.07) is 22.3. The largest absolute Gasteiger partial charge is 0.360 e. The van der Waals surface area contributed by atoms with Crippen LogP contribution >= 0.6 is 0 Å². The lowest BCUT2D eigenvalue weighted by molar-refractivity contribution is 0.828. The van der Waals surface area contributed by atoms with Gasteiger partial charge in [-0.15, -0.1) is 0 Å². The van der Waals surface area contributed by atoms with Crippen LogP contribution in [0.1, 0.15) is 11.3 Å². The second kappa shape index (κ2) is 6.42. The highest BCUT2D eigenvalue weighted by atomic mass is 15.4. The van der Waals surface area contributed by atoms with E-state index >= 15 is 0 Å². The summed E-state index contributed by atoms with van der Waals surface area (Å²) in [6.07, 6.45) is 3.61. The van der Waals surface area contributed by atoms with E-state index in [2.05, 4.69) is 43.3 Å². The minimum absolute atomic E-state index is 0.725. The first-order valence-electron chi connectivity index (χ1n) is 7.82. The molecule has 0 aliphatic heterocycles. The fourth-order valence-corrected chi connectivity index (χ4v) is 2.67. The molecule has 0 spiro atoms. The molecule has 0 aliphatic rings. The molecule has 0 saturated carbocycles. The molecular formula is C19H17N5. The Morgan fingerprint density at radius 3 is 2.67 bits per heavy atom. The van der Waals surface area contributed by atoms with Gasteiger partial charge >= 0.3 is 0 Å². The molecule has 24 heavy (non-hydrogen) atoms. The number of aromatic nitrogens is 3. The fraction of sp³-hybridized carbons (Fsp3) is 0.0526. The number of hydrogen-bond acceptors (Lipinski definition) is 3. The number of para-hydroxylation sites is 2. The second-order valence-corrected chi connectivity index (χ2v) is 5.49. The number of nitrogens with one attached hydrogen (secondary N) is 2. The van der Waals surface area contributed by atoms with Crippen LogP contribution in [0.25, 0.3) is 11.0 Å². The summed E-state index contributed by atoms with van der Waals surface area (Å²) in [5.41, 5.74) is 7.25. The van der Waals surface area contributed by atoms with E-state index in [9.17, 15) is 0 Å². The van der Waals surface area contributed by atoms with Crippen molar-refractivity contribution in [3.63, 3.8) is 0 Å². The molecule has 0 aliphatic carbocycles. The van der Waals surface area contributed by atoms with Crippen molar-refractivity contribution in [2.24, 2.45) is 5.10 Å². The normalized spacial score (nSPS) is 11.3. The average Bonchev–Trinajstić information content (AvgIpc) is 3.25. The fourth-order valence-electron chi connectivity index (χ4n) is 2.67. The minimum Gasteiger partial charge on any atom is -0.360 e. The zero-order chi connectivity index (χ0) is 16.2. The van der Waals surface area contributed by atoms with Gasteiger partial charge in [0.1, 0.15) is 0 Å². The zero-order valence-electron chi connectivity index (χ0n) is 13.1. The molecule has 2 aromatic heterocycles. The van der Waals surface area contributed by atoms with Crippen molar-refractivity contribution < 1.29 is 0 Å². The van der Waals surface area contributed by atoms with Crippen molar-refractivity contribution in [3.8, 4) is 0 Å². The maximum absolute atomic E-state index is 4.66. The highest BCUT2D eigenvalue weighted by Gasteiger charge is 2.10. The van der Waals surface area contributed by atoms with Crippen molar-refractivity contribution in [2.45, 2.75) is 6.54 Å². The van der Waals surface area contributed by atoms with E-state index in [0.717, 1.165) is 29.2 Å². The van der Waals surface area contributed by atoms with Crippen LogP contribution in [0.15, 0.2) is 78.0 Å². The molecular weight excluding hydrogens is 298 g/mol. The molecule has 0 saturated heterocycles. The SMILES string of the molecule is C(=N\Nc1nc2ccccc2n1Cc1ccccc1)/c1ccc[nH]1. The van der Waals surface area contributed by atoms with E-state index in [4.69, 9.17) is 0 Å². The Morgan fingerprint density at radius 1 is 1.00 bits per heavy atom. The summed E-state index contributed by atoms with van der Waals surface area (Å²) in [5, 5.41) is 4.29. The molecule has 2 N–H and O–H groups in total. The number of rotatable bonds is 5. The van der Waals surface area contributed by atoms with Gasteiger partial charge in [0.15, 0.2) is 0 Å². The van der Waals surface area contributed by atoms with Gasteiger partial charge in [0.05, 0.1) is 29.5 Å². The molecule has 118 valence electrons. The van der Waals surface area contributed by atoms with Gasteiger partial charge in [-0.2, -0.15) is 5.10 Å². The highest BCUT2D eigenvalue weighted by Crippen LogP contribution is 2.21. The molecule has 0 fully saturated rings. The third-order valence-electron chi connectivity index (χ3n) is 3.83. The van der Waals surface area contributed by atoms with E-state index in [1.165, 1.54) is 5.56 Å². The molecule has 4 aromatic rings. The lowest BCUT2D eigenvalue weighted by Gasteiger charge is -2.08. The number of fused-ring (bicyclic) bond motifs is 1. The number of benzene rings is 2. The molecule has 0 unspecified atom stereocenters. The van der Waals surface area contributed by atoms with Gasteiger partial charge in [0.2, 0.25) is 5.95 Å². The monoisotopic (exact) mass is 315 g/mol. The Kier molecular flexibility index (Phi) is 3.81. The Hall–Kier alpha value is -3.34. The average molecular weight is 315 g/mol. The smallest absolute Gasteiger partial charge is 0.225 e. The van der Waals surface area contributed by atoms with E-state index < -0.39 is 0 Å². The summed E-state index contributed by atoms with van der Waals surface area (Å²) in [7, 11) is 0. The number of hydrogen-bond donors (Lipinski definition) is 2. The molecule has 4 rings (SSSR count). The summed E-state index contributed by atoms with van der Waals surface area (Å²) >= 11 is 0. The Bertz CT molecular complexity index is 952. The van der Waals surface area contributed by atoms with E-state index in [0.29, 0.717) is 0 Å². The number of hydrazone groups is 1. The van der Waals surface area contributed by atoms with Gasteiger partial charge in [-0.05, 0) is 29.8 Å². The first kappa shape index (κ1) is 14.3. The minimum atomic E-state index is 0.725. The summed E-state index contributed by atoms with van der Waals surface area (Å²) in [4.78, 5) is 7.74. The number of nitrogens with zero attached hydrogens (tertiary/aromatic N) is 3. The van der Waals surface area contributed by atoms with Gasteiger partial charge in [0, 0.05) is 6.20 Å². The number of aromatic amines is 1. The molecule has 0 atom stereocenters. The molecule has 5 heteroatoms. The van der Waals surface area contributed by atoms with E-state index in [1.54, 1.807) is 6.21 Å². The third kappa shape index (κ3) is 2.92. The van der Waals surface area contributed by atoms with E-state index in [-0.39, 0.29) is 0 Å². The lowest BCUT2D eigenvalue weighted by Crippen LogP contribution is -2.05. The Balaban J connectivity index is 1.67. The predicted octanol–water partition coefficient (Wildman–Crippen LogP) is 3.86. The molecule has 0 radical (unpaired) electrons. The van der Waals surface area contributed by atoms with Crippen molar-refractivity contribution in [3.05, 3.63) is 84.2 Å². The zero-order valence-corrected chi connectivity index (χ0v) is 13.1. The van der Waals surface area contributed by atoms with Crippen LogP contribution in [0.4, 0.5) is 5.95 Å². The molecule has 2 aromatic carbocycles. The van der Waals surface area contributed by atoms with Gasteiger partial charge in [0.25, 0.3) is 0 Å². The van der Waals surface area contributed by atoms with E-state index in [1.807, 2.05) is 54.7 Å². The number of anilines is 1. The van der Waals surface area contributed by atoms with Crippen LogP contribution in [0.2, 0.25) is 0 Å². The highest BCUT2D eigenvalue weighted by molar-refractivity contribution is 5.80. The standard InChI is InChI=1S/C19H17N5/c1-2-7-15(8-3-1)14-24-18-11-5-4-10-17(18)22-19(24)23-21-13-16-9-6-12-20-16/h1-13,20H,14H2,(H,22,23)/b21-13+. The predicted molar refractivity (Wildman–Crippen MR) is 97.3 cm³/mol. The van der Waals surface area contributed by atoms with Gasteiger partial charge < -0.3 is 9.55 Å².